The van der Waals surface area contributed by atoms with E-state index in [1.165, 1.54) is 0 Å². The largest absolute Gasteiger partial charge is 0.478 e. The maximum Gasteiger partial charge on any atom is 0.335 e. The Morgan fingerprint density at radius 2 is 1.64 bits per heavy atom. The third-order valence-electron chi connectivity index (χ3n) is 5.13. The van der Waals surface area contributed by atoms with Gasteiger partial charge in [0.05, 0.1) is 17.2 Å². The van der Waals surface area contributed by atoms with E-state index in [2.05, 4.69) is 17.5 Å². The van der Waals surface area contributed by atoms with Gasteiger partial charge in [-0.25, -0.2) is 9.59 Å². The molecule has 0 aromatic heterocycles. The lowest BCUT2D eigenvalue weighted by Gasteiger charge is -2.37. The molecule has 1 aliphatic heterocycles. The van der Waals surface area contributed by atoms with Gasteiger partial charge in [0.2, 0.25) is 0 Å². The number of rotatable bonds is 3. The van der Waals surface area contributed by atoms with E-state index in [4.69, 9.17) is 5.11 Å². The van der Waals surface area contributed by atoms with Crippen LogP contribution in [0.15, 0.2) is 54.6 Å². The van der Waals surface area contributed by atoms with Crippen molar-refractivity contribution in [3.05, 3.63) is 76.9 Å². The van der Waals surface area contributed by atoms with Crippen molar-refractivity contribution in [2.75, 3.05) is 5.32 Å². The van der Waals surface area contributed by atoms with Crippen LogP contribution in [0.4, 0.5) is 5.69 Å². The van der Waals surface area contributed by atoms with Gasteiger partial charge in [-0.3, -0.25) is 0 Å². The summed E-state index contributed by atoms with van der Waals surface area (Å²) in [6, 6.07) is 12.2. The number of anilines is 1. The number of carboxylic acids is 2. The van der Waals surface area contributed by atoms with Gasteiger partial charge >= 0.3 is 11.9 Å². The van der Waals surface area contributed by atoms with Crippen molar-refractivity contribution in [3.63, 3.8) is 0 Å². The van der Waals surface area contributed by atoms with Crippen molar-refractivity contribution < 1.29 is 19.8 Å². The maximum absolute atomic E-state index is 11.3. The molecule has 2 aromatic rings. The molecule has 4 rings (SSSR count). The van der Waals surface area contributed by atoms with Gasteiger partial charge in [0.25, 0.3) is 0 Å². The Bertz CT molecular complexity index is 885. The van der Waals surface area contributed by atoms with Crippen LogP contribution in [-0.2, 0) is 0 Å². The average molecular weight is 335 g/mol. The van der Waals surface area contributed by atoms with E-state index < -0.39 is 11.9 Å². The highest BCUT2D eigenvalue weighted by Gasteiger charge is 2.38. The Morgan fingerprint density at radius 3 is 2.32 bits per heavy atom. The zero-order chi connectivity index (χ0) is 17.6. The van der Waals surface area contributed by atoms with Crippen molar-refractivity contribution in [2.24, 2.45) is 5.92 Å². The molecule has 0 saturated carbocycles. The smallest absolute Gasteiger partial charge is 0.335 e. The zero-order valence-corrected chi connectivity index (χ0v) is 13.3. The highest BCUT2D eigenvalue weighted by Crippen LogP contribution is 2.49. The quantitative estimate of drug-likeness (QED) is 0.740. The third-order valence-corrected chi connectivity index (χ3v) is 5.13. The Balaban J connectivity index is 1.72. The van der Waals surface area contributed by atoms with Crippen LogP contribution in [0.1, 0.15) is 50.2 Å². The first-order valence-electron chi connectivity index (χ1n) is 8.18. The fraction of sp³-hybridized carbons (Fsp3) is 0.200. The zero-order valence-electron chi connectivity index (χ0n) is 13.3. The van der Waals surface area contributed by atoms with Crippen LogP contribution in [0.25, 0.3) is 0 Å². The van der Waals surface area contributed by atoms with Crippen LogP contribution in [-0.4, -0.2) is 22.2 Å². The monoisotopic (exact) mass is 335 g/mol. The molecule has 1 heterocycles. The Labute approximate surface area is 144 Å². The van der Waals surface area contributed by atoms with E-state index in [-0.39, 0.29) is 23.4 Å². The lowest BCUT2D eigenvalue weighted by Crippen LogP contribution is -2.29. The number of carbonyl (C=O) groups is 2. The lowest BCUT2D eigenvalue weighted by molar-refractivity contribution is 0.0686. The number of aromatic carboxylic acids is 2. The molecule has 5 heteroatoms. The van der Waals surface area contributed by atoms with Crippen LogP contribution in [0.5, 0.6) is 0 Å². The molecule has 2 aliphatic rings. The van der Waals surface area contributed by atoms with Crippen molar-refractivity contribution in [1.29, 1.82) is 0 Å². The van der Waals surface area contributed by atoms with Gasteiger partial charge in [0.15, 0.2) is 0 Å². The molecular weight excluding hydrogens is 318 g/mol. The first kappa shape index (κ1) is 15.4. The van der Waals surface area contributed by atoms with Gasteiger partial charge in [-0.05, 0) is 53.8 Å². The first-order chi connectivity index (χ1) is 12.0. The second-order valence-corrected chi connectivity index (χ2v) is 6.51. The summed E-state index contributed by atoms with van der Waals surface area (Å²) < 4.78 is 0. The highest BCUT2D eigenvalue weighted by atomic mass is 16.4. The van der Waals surface area contributed by atoms with E-state index in [0.717, 1.165) is 23.2 Å². The molecule has 1 aliphatic carbocycles. The SMILES string of the molecule is O=C(O)c1ccc([C@H]2Nc3ccc(C(=O)O)cc3[C@H]3C=CC[C@@H]32)cc1. The molecule has 0 fully saturated rings. The van der Waals surface area contributed by atoms with Crippen LogP contribution >= 0.6 is 0 Å². The number of allylic oxidation sites excluding steroid dienone is 2. The van der Waals surface area contributed by atoms with Crippen molar-refractivity contribution in [3.8, 4) is 0 Å². The van der Waals surface area contributed by atoms with Crippen molar-refractivity contribution in [1.82, 2.24) is 0 Å². The van der Waals surface area contributed by atoms with Gasteiger partial charge in [0.1, 0.15) is 0 Å². The van der Waals surface area contributed by atoms with Crippen LogP contribution in [0.2, 0.25) is 0 Å². The number of carboxylic acid groups (broad SMARTS) is 2. The molecule has 5 nitrogen and oxygen atoms in total. The number of nitrogens with one attached hydrogen (secondary N) is 1. The Kier molecular flexibility index (Phi) is 3.57. The van der Waals surface area contributed by atoms with Gasteiger partial charge < -0.3 is 15.5 Å². The molecule has 0 unspecified atom stereocenters. The molecule has 0 spiro atoms. The topological polar surface area (TPSA) is 86.6 Å². The first-order valence-corrected chi connectivity index (χ1v) is 8.18. The Hall–Kier alpha value is -3.08. The predicted molar refractivity (Wildman–Crippen MR) is 93.2 cm³/mol. The van der Waals surface area contributed by atoms with Crippen molar-refractivity contribution in [2.45, 2.75) is 18.4 Å². The van der Waals surface area contributed by atoms with E-state index in [0.29, 0.717) is 5.56 Å². The van der Waals surface area contributed by atoms with Crippen LogP contribution in [0, 0.1) is 5.92 Å². The summed E-state index contributed by atoms with van der Waals surface area (Å²) in [6.07, 6.45) is 5.19. The molecule has 0 bridgehead atoms. The average Bonchev–Trinajstić information content (AvgIpc) is 3.10. The van der Waals surface area contributed by atoms with Crippen LogP contribution < -0.4 is 5.32 Å². The van der Waals surface area contributed by atoms with E-state index in [1.54, 1.807) is 24.3 Å². The minimum absolute atomic E-state index is 0.0611. The molecule has 3 atom stereocenters. The van der Waals surface area contributed by atoms with Crippen LogP contribution in [0.3, 0.4) is 0 Å². The van der Waals surface area contributed by atoms with Gasteiger partial charge in [-0.15, -0.1) is 0 Å². The number of fused-ring (bicyclic) bond motifs is 3. The maximum atomic E-state index is 11.3. The fourth-order valence-corrected chi connectivity index (χ4v) is 3.89. The summed E-state index contributed by atoms with van der Waals surface area (Å²) in [4.78, 5) is 22.3. The number of hydrogen-bond acceptors (Lipinski definition) is 3. The van der Waals surface area contributed by atoms with E-state index in [1.807, 2.05) is 18.2 Å². The molecule has 25 heavy (non-hydrogen) atoms. The van der Waals surface area contributed by atoms with Gasteiger partial charge in [0, 0.05) is 11.6 Å². The van der Waals surface area contributed by atoms with E-state index in [9.17, 15) is 14.7 Å². The molecule has 0 radical (unpaired) electrons. The lowest BCUT2D eigenvalue weighted by atomic mass is 9.76. The van der Waals surface area contributed by atoms with Crippen molar-refractivity contribution >= 4 is 17.6 Å². The molecule has 2 aromatic carbocycles. The summed E-state index contributed by atoms with van der Waals surface area (Å²) in [6.45, 7) is 0. The predicted octanol–water partition coefficient (Wildman–Crippen LogP) is 3.91. The van der Waals surface area contributed by atoms with Gasteiger partial charge in [-0.2, -0.15) is 0 Å². The van der Waals surface area contributed by atoms with E-state index >= 15 is 0 Å². The standard InChI is InChI=1S/C20H17NO4/c22-19(23)12-6-4-11(5-7-12)18-15-3-1-2-14(15)16-10-13(20(24)25)8-9-17(16)21-18/h1-2,4-10,14-15,18,21H,3H2,(H,22,23)(H,24,25)/t14-,15-,18+/m0/s1. The van der Waals surface area contributed by atoms with Gasteiger partial charge in [-0.1, -0.05) is 24.3 Å². The molecule has 0 amide bonds. The minimum Gasteiger partial charge on any atom is -0.478 e. The summed E-state index contributed by atoms with van der Waals surface area (Å²) >= 11 is 0. The Morgan fingerprint density at radius 1 is 0.960 bits per heavy atom. The number of benzene rings is 2. The molecule has 126 valence electrons. The molecular formula is C20H17NO4. The number of hydrogen-bond donors (Lipinski definition) is 3. The highest BCUT2D eigenvalue weighted by molar-refractivity contribution is 5.89. The fourth-order valence-electron chi connectivity index (χ4n) is 3.89. The second kappa shape index (κ2) is 5.77. The summed E-state index contributed by atoms with van der Waals surface area (Å²) in [7, 11) is 0. The molecule has 0 saturated heterocycles. The second-order valence-electron chi connectivity index (χ2n) is 6.51. The summed E-state index contributed by atoms with van der Waals surface area (Å²) in [5.41, 5.74) is 3.55. The normalized spacial score (nSPS) is 23.4. The summed E-state index contributed by atoms with van der Waals surface area (Å²) in [5, 5.41) is 21.8. The molecule has 3 N–H and O–H groups in total. The minimum atomic E-state index is -0.935. The summed E-state index contributed by atoms with van der Waals surface area (Å²) in [5.74, 6) is -1.41. The third kappa shape index (κ3) is 2.58.